The van der Waals surface area contributed by atoms with Gasteiger partial charge in [-0.25, -0.2) is 0 Å². The van der Waals surface area contributed by atoms with E-state index in [0.717, 1.165) is 0 Å². The van der Waals surface area contributed by atoms with Gasteiger partial charge in [0.15, 0.2) is 11.6 Å². The number of phenols is 1. The van der Waals surface area contributed by atoms with Crippen molar-refractivity contribution < 1.29 is 9.90 Å². The van der Waals surface area contributed by atoms with Crippen LogP contribution in [0.4, 0.5) is 5.69 Å². The van der Waals surface area contributed by atoms with Crippen LogP contribution < -0.4 is 11.1 Å². The fraction of sp³-hybridized carbons (Fsp3) is 0.182. The Kier molecular flexibility index (Phi) is 3.13. The molecule has 7 nitrogen and oxygen atoms in total. The molecule has 0 bridgehead atoms. The van der Waals surface area contributed by atoms with Gasteiger partial charge in [-0.15, -0.1) is 10.2 Å². The number of nitrogen functional groups attached to an aromatic ring is 1. The Bertz CT molecular complexity index is 579. The normalized spacial score (nSPS) is 10.3. The van der Waals surface area contributed by atoms with E-state index < -0.39 is 5.91 Å². The molecule has 0 saturated carbocycles. The van der Waals surface area contributed by atoms with Crippen molar-refractivity contribution in [2.24, 2.45) is 7.05 Å². The molecule has 0 saturated heterocycles. The summed E-state index contributed by atoms with van der Waals surface area (Å²) in [5, 5.41) is 19.8. The van der Waals surface area contributed by atoms with E-state index in [-0.39, 0.29) is 23.5 Å². The van der Waals surface area contributed by atoms with E-state index >= 15 is 0 Å². The van der Waals surface area contributed by atoms with Gasteiger partial charge in [0.1, 0.15) is 6.33 Å². The number of aryl methyl sites for hydroxylation is 1. The van der Waals surface area contributed by atoms with Gasteiger partial charge in [0.2, 0.25) is 0 Å². The number of carbonyl (C=O) groups excluding carboxylic acids is 1. The molecule has 94 valence electrons. The van der Waals surface area contributed by atoms with Crippen molar-refractivity contribution in [2.75, 3.05) is 5.73 Å². The molecule has 4 N–H and O–H groups in total. The summed E-state index contributed by atoms with van der Waals surface area (Å²) in [5.74, 6) is -0.0116. The van der Waals surface area contributed by atoms with Crippen LogP contribution >= 0.6 is 0 Å². The third-order valence-corrected chi connectivity index (χ3v) is 2.52. The summed E-state index contributed by atoms with van der Waals surface area (Å²) in [6, 6.07) is 4.62. The third-order valence-electron chi connectivity index (χ3n) is 2.52. The zero-order chi connectivity index (χ0) is 13.1. The molecule has 0 atom stereocenters. The Morgan fingerprint density at radius 2 is 2.33 bits per heavy atom. The van der Waals surface area contributed by atoms with Gasteiger partial charge in [-0.1, -0.05) is 6.07 Å². The summed E-state index contributed by atoms with van der Waals surface area (Å²) in [7, 11) is 1.78. The van der Waals surface area contributed by atoms with Gasteiger partial charge in [0.25, 0.3) is 5.91 Å². The molecule has 7 heteroatoms. The molecular weight excluding hydrogens is 234 g/mol. The molecule has 0 unspecified atom stereocenters. The first-order valence-corrected chi connectivity index (χ1v) is 5.28. The molecule has 1 aromatic heterocycles. The molecular formula is C11H13N5O2. The second-order valence-electron chi connectivity index (χ2n) is 3.78. The van der Waals surface area contributed by atoms with Crippen molar-refractivity contribution in [2.45, 2.75) is 6.54 Å². The maximum atomic E-state index is 11.8. The van der Waals surface area contributed by atoms with Crippen LogP contribution in [0, 0.1) is 0 Å². The van der Waals surface area contributed by atoms with E-state index in [0.29, 0.717) is 5.82 Å². The number of nitrogens with one attached hydrogen (secondary N) is 1. The van der Waals surface area contributed by atoms with Crippen LogP contribution in [-0.4, -0.2) is 25.8 Å². The topological polar surface area (TPSA) is 106 Å². The predicted molar refractivity (Wildman–Crippen MR) is 64.7 cm³/mol. The molecule has 0 aliphatic carbocycles. The van der Waals surface area contributed by atoms with Crippen LogP contribution in [0.1, 0.15) is 16.2 Å². The first-order valence-electron chi connectivity index (χ1n) is 5.28. The second-order valence-corrected chi connectivity index (χ2v) is 3.78. The van der Waals surface area contributed by atoms with Crippen molar-refractivity contribution in [3.63, 3.8) is 0 Å². The summed E-state index contributed by atoms with van der Waals surface area (Å²) in [4.78, 5) is 11.8. The van der Waals surface area contributed by atoms with E-state index in [9.17, 15) is 9.90 Å². The van der Waals surface area contributed by atoms with Crippen LogP contribution in [-0.2, 0) is 13.6 Å². The highest BCUT2D eigenvalue weighted by Crippen LogP contribution is 2.24. The summed E-state index contributed by atoms with van der Waals surface area (Å²) in [6.07, 6.45) is 1.54. The number of phenolic OH excluding ortho intramolecular Hbond substituents is 1. The lowest BCUT2D eigenvalue weighted by Gasteiger charge is -2.07. The largest absolute Gasteiger partial charge is 0.505 e. The zero-order valence-electron chi connectivity index (χ0n) is 9.79. The molecule has 2 rings (SSSR count). The van der Waals surface area contributed by atoms with Gasteiger partial charge in [-0.2, -0.15) is 0 Å². The molecule has 1 amide bonds. The number of amides is 1. The van der Waals surface area contributed by atoms with Gasteiger partial charge in [0.05, 0.1) is 17.8 Å². The first kappa shape index (κ1) is 11.9. The van der Waals surface area contributed by atoms with Crippen molar-refractivity contribution in [1.82, 2.24) is 20.1 Å². The number of nitrogens with zero attached hydrogens (tertiary/aromatic N) is 3. The average Bonchev–Trinajstić information content (AvgIpc) is 2.75. The van der Waals surface area contributed by atoms with E-state index in [1.807, 2.05) is 0 Å². The smallest absolute Gasteiger partial charge is 0.255 e. The molecule has 0 aliphatic rings. The molecule has 0 radical (unpaired) electrons. The monoisotopic (exact) mass is 247 g/mol. The van der Waals surface area contributed by atoms with Crippen LogP contribution in [0.3, 0.4) is 0 Å². The summed E-state index contributed by atoms with van der Waals surface area (Å²) in [5.41, 5.74) is 5.82. The van der Waals surface area contributed by atoms with Gasteiger partial charge in [-0.05, 0) is 12.1 Å². The SMILES string of the molecule is Cn1cnnc1CNC(=O)c1cccc(N)c1O. The number of hydrogen-bond donors (Lipinski definition) is 3. The maximum Gasteiger partial charge on any atom is 0.255 e. The van der Waals surface area contributed by atoms with Gasteiger partial charge >= 0.3 is 0 Å². The van der Waals surface area contributed by atoms with Gasteiger partial charge in [-0.3, -0.25) is 4.79 Å². The maximum absolute atomic E-state index is 11.8. The second kappa shape index (κ2) is 4.74. The number of aromatic hydroxyl groups is 1. The Morgan fingerprint density at radius 3 is 3.00 bits per heavy atom. The van der Waals surface area contributed by atoms with Crippen LogP contribution in [0.25, 0.3) is 0 Å². The molecule has 1 aromatic carbocycles. The molecule has 0 aliphatic heterocycles. The lowest BCUT2D eigenvalue weighted by molar-refractivity contribution is 0.0947. The Morgan fingerprint density at radius 1 is 1.56 bits per heavy atom. The van der Waals surface area contributed by atoms with Crippen molar-refractivity contribution in [1.29, 1.82) is 0 Å². The van der Waals surface area contributed by atoms with Gasteiger partial charge in [0, 0.05) is 7.05 Å². The fourth-order valence-corrected chi connectivity index (χ4v) is 1.47. The molecule has 0 spiro atoms. The molecule has 18 heavy (non-hydrogen) atoms. The highest BCUT2D eigenvalue weighted by Gasteiger charge is 2.13. The highest BCUT2D eigenvalue weighted by molar-refractivity contribution is 5.98. The number of rotatable bonds is 3. The minimum atomic E-state index is -0.414. The third kappa shape index (κ3) is 2.24. The number of para-hydroxylation sites is 1. The first-order chi connectivity index (χ1) is 8.59. The fourth-order valence-electron chi connectivity index (χ4n) is 1.47. The van der Waals surface area contributed by atoms with Crippen molar-refractivity contribution >= 4 is 11.6 Å². The summed E-state index contributed by atoms with van der Waals surface area (Å²) < 4.78 is 1.69. The highest BCUT2D eigenvalue weighted by atomic mass is 16.3. The molecule has 0 fully saturated rings. The number of anilines is 1. The summed E-state index contributed by atoms with van der Waals surface area (Å²) in [6.45, 7) is 0.226. The quantitative estimate of drug-likeness (QED) is 0.524. The summed E-state index contributed by atoms with van der Waals surface area (Å²) >= 11 is 0. The van der Waals surface area contributed by atoms with E-state index in [2.05, 4.69) is 15.5 Å². The minimum Gasteiger partial charge on any atom is -0.505 e. The van der Waals surface area contributed by atoms with Crippen LogP contribution in [0.5, 0.6) is 5.75 Å². The minimum absolute atomic E-state index is 0.136. The Hall–Kier alpha value is -2.57. The van der Waals surface area contributed by atoms with Crippen LogP contribution in [0.2, 0.25) is 0 Å². The number of carbonyl (C=O) groups is 1. The van der Waals surface area contributed by atoms with E-state index in [1.54, 1.807) is 24.0 Å². The standard InChI is InChI=1S/C11H13N5O2/c1-16-6-14-15-9(16)5-13-11(18)7-3-2-4-8(12)10(7)17/h2-4,6,17H,5,12H2,1H3,(H,13,18). The number of aromatic nitrogens is 3. The Balaban J connectivity index is 2.09. The van der Waals surface area contributed by atoms with Crippen LogP contribution in [0.15, 0.2) is 24.5 Å². The zero-order valence-corrected chi connectivity index (χ0v) is 9.79. The van der Waals surface area contributed by atoms with Crippen molar-refractivity contribution in [3.05, 3.63) is 35.9 Å². The van der Waals surface area contributed by atoms with Crippen molar-refractivity contribution in [3.8, 4) is 5.75 Å². The molecule has 1 heterocycles. The lowest BCUT2D eigenvalue weighted by atomic mass is 10.1. The van der Waals surface area contributed by atoms with E-state index in [4.69, 9.17) is 5.73 Å². The molecule has 2 aromatic rings. The average molecular weight is 247 g/mol. The Labute approximate surface area is 103 Å². The lowest BCUT2D eigenvalue weighted by Crippen LogP contribution is -2.24. The van der Waals surface area contributed by atoms with E-state index in [1.165, 1.54) is 12.1 Å². The van der Waals surface area contributed by atoms with Gasteiger partial charge < -0.3 is 20.7 Å². The number of hydrogen-bond acceptors (Lipinski definition) is 5. The number of benzene rings is 1. The predicted octanol–water partition coefficient (Wildman–Crippen LogP) is 0.0329. The number of nitrogens with two attached hydrogens (primary N) is 1.